The first kappa shape index (κ1) is 12.2. The third kappa shape index (κ3) is 3.12. The SMILES string of the molecule is COc1ccc(NC2=NC(C)CCS2)cc1F. The van der Waals surface area contributed by atoms with Crippen LogP contribution in [-0.2, 0) is 0 Å². The Morgan fingerprint density at radius 2 is 2.35 bits per heavy atom. The smallest absolute Gasteiger partial charge is 0.167 e. The summed E-state index contributed by atoms with van der Waals surface area (Å²) < 4.78 is 18.3. The van der Waals surface area contributed by atoms with Gasteiger partial charge in [0.15, 0.2) is 16.7 Å². The highest BCUT2D eigenvalue weighted by Crippen LogP contribution is 2.23. The second-order valence-electron chi connectivity index (χ2n) is 3.89. The second-order valence-corrected chi connectivity index (χ2v) is 4.98. The summed E-state index contributed by atoms with van der Waals surface area (Å²) in [5.74, 6) is 0.931. The molecule has 0 fully saturated rings. The van der Waals surface area contributed by atoms with Gasteiger partial charge in [-0.05, 0) is 25.5 Å². The average Bonchev–Trinajstić information content (AvgIpc) is 2.29. The van der Waals surface area contributed by atoms with E-state index in [0.29, 0.717) is 11.7 Å². The van der Waals surface area contributed by atoms with E-state index >= 15 is 0 Å². The second kappa shape index (κ2) is 5.40. The number of rotatable bonds is 2. The Labute approximate surface area is 104 Å². The van der Waals surface area contributed by atoms with Crippen molar-refractivity contribution in [2.45, 2.75) is 19.4 Å². The number of aliphatic imine (C=N–C) groups is 1. The van der Waals surface area contributed by atoms with E-state index in [2.05, 4.69) is 17.2 Å². The predicted octanol–water partition coefficient (Wildman–Crippen LogP) is 3.13. The van der Waals surface area contributed by atoms with Crippen LogP contribution in [0.1, 0.15) is 13.3 Å². The largest absolute Gasteiger partial charge is 0.494 e. The van der Waals surface area contributed by atoms with Crippen LogP contribution in [0.4, 0.5) is 10.1 Å². The Kier molecular flexibility index (Phi) is 3.89. The van der Waals surface area contributed by atoms with Crippen LogP contribution >= 0.6 is 11.8 Å². The number of benzene rings is 1. The molecule has 17 heavy (non-hydrogen) atoms. The van der Waals surface area contributed by atoms with Gasteiger partial charge in [0.25, 0.3) is 0 Å². The maximum Gasteiger partial charge on any atom is 0.167 e. The first-order valence-corrected chi connectivity index (χ1v) is 6.49. The summed E-state index contributed by atoms with van der Waals surface area (Å²) in [6.45, 7) is 2.08. The van der Waals surface area contributed by atoms with E-state index in [4.69, 9.17) is 4.74 Å². The number of methoxy groups -OCH3 is 1. The molecule has 0 bridgehead atoms. The fourth-order valence-electron chi connectivity index (χ4n) is 1.56. The highest BCUT2D eigenvalue weighted by molar-refractivity contribution is 8.14. The summed E-state index contributed by atoms with van der Waals surface area (Å²) in [5.41, 5.74) is 0.698. The molecule has 0 saturated carbocycles. The summed E-state index contributed by atoms with van der Waals surface area (Å²) in [6, 6.07) is 5.14. The maximum absolute atomic E-state index is 13.5. The zero-order valence-corrected chi connectivity index (χ0v) is 10.7. The summed E-state index contributed by atoms with van der Waals surface area (Å²) in [5, 5.41) is 3.98. The van der Waals surface area contributed by atoms with Crippen molar-refractivity contribution in [3.05, 3.63) is 24.0 Å². The average molecular weight is 254 g/mol. The molecule has 0 aliphatic carbocycles. The zero-order valence-electron chi connectivity index (χ0n) is 9.87. The molecule has 1 aliphatic rings. The fourth-order valence-corrected chi connectivity index (χ4v) is 2.66. The van der Waals surface area contributed by atoms with E-state index < -0.39 is 0 Å². The number of halogens is 1. The number of amidine groups is 1. The molecule has 1 heterocycles. The quantitative estimate of drug-likeness (QED) is 0.880. The highest BCUT2D eigenvalue weighted by atomic mass is 32.2. The lowest BCUT2D eigenvalue weighted by Crippen LogP contribution is -2.18. The number of nitrogens with zero attached hydrogens (tertiary/aromatic N) is 1. The lowest BCUT2D eigenvalue weighted by atomic mass is 10.3. The van der Waals surface area contributed by atoms with Crippen LogP contribution in [0, 0.1) is 5.82 Å². The van der Waals surface area contributed by atoms with E-state index in [9.17, 15) is 4.39 Å². The number of ether oxygens (including phenoxy) is 1. The van der Waals surface area contributed by atoms with Crippen molar-refractivity contribution >= 4 is 22.6 Å². The van der Waals surface area contributed by atoms with Crippen LogP contribution in [0.3, 0.4) is 0 Å². The summed E-state index contributed by atoms with van der Waals surface area (Å²) >= 11 is 1.66. The first-order chi connectivity index (χ1) is 8.19. The number of anilines is 1. The van der Waals surface area contributed by atoms with Crippen molar-refractivity contribution in [3.8, 4) is 5.75 Å². The van der Waals surface area contributed by atoms with Crippen molar-refractivity contribution in [2.75, 3.05) is 18.2 Å². The number of nitrogens with one attached hydrogen (secondary N) is 1. The van der Waals surface area contributed by atoms with Crippen molar-refractivity contribution in [1.29, 1.82) is 0 Å². The Morgan fingerprint density at radius 1 is 1.53 bits per heavy atom. The Hall–Kier alpha value is -1.23. The Balaban J connectivity index is 2.11. The number of hydrogen-bond acceptors (Lipinski definition) is 4. The molecule has 0 aromatic heterocycles. The number of thioether (sulfide) groups is 1. The van der Waals surface area contributed by atoms with Gasteiger partial charge in [-0.3, -0.25) is 4.99 Å². The van der Waals surface area contributed by atoms with Crippen LogP contribution in [0.2, 0.25) is 0 Å². The van der Waals surface area contributed by atoms with E-state index in [1.807, 2.05) is 0 Å². The van der Waals surface area contributed by atoms with Crippen molar-refractivity contribution < 1.29 is 9.13 Å². The van der Waals surface area contributed by atoms with E-state index in [-0.39, 0.29) is 11.6 Å². The third-order valence-electron chi connectivity index (χ3n) is 2.52. The van der Waals surface area contributed by atoms with Crippen LogP contribution in [0.15, 0.2) is 23.2 Å². The molecular weight excluding hydrogens is 239 g/mol. The van der Waals surface area contributed by atoms with Gasteiger partial charge in [0, 0.05) is 17.5 Å². The van der Waals surface area contributed by atoms with Gasteiger partial charge in [-0.25, -0.2) is 4.39 Å². The lowest BCUT2D eigenvalue weighted by Gasteiger charge is -2.17. The van der Waals surface area contributed by atoms with E-state index in [1.54, 1.807) is 23.9 Å². The molecule has 0 amide bonds. The molecule has 1 atom stereocenters. The molecule has 5 heteroatoms. The van der Waals surface area contributed by atoms with Crippen LogP contribution in [-0.4, -0.2) is 24.1 Å². The molecule has 0 radical (unpaired) electrons. The monoisotopic (exact) mass is 254 g/mol. The molecule has 1 aliphatic heterocycles. The normalized spacial score (nSPS) is 19.7. The molecule has 1 aromatic carbocycles. The van der Waals surface area contributed by atoms with Crippen molar-refractivity contribution in [2.24, 2.45) is 4.99 Å². The maximum atomic E-state index is 13.5. The molecule has 1 unspecified atom stereocenters. The van der Waals surface area contributed by atoms with Gasteiger partial charge in [0.1, 0.15) is 0 Å². The third-order valence-corrected chi connectivity index (χ3v) is 3.44. The summed E-state index contributed by atoms with van der Waals surface area (Å²) in [6.07, 6.45) is 1.09. The van der Waals surface area contributed by atoms with E-state index in [0.717, 1.165) is 17.3 Å². The molecule has 0 saturated heterocycles. The van der Waals surface area contributed by atoms with Crippen LogP contribution in [0.25, 0.3) is 0 Å². The van der Waals surface area contributed by atoms with Gasteiger partial charge in [0.2, 0.25) is 0 Å². The van der Waals surface area contributed by atoms with E-state index in [1.165, 1.54) is 13.2 Å². The minimum absolute atomic E-state index is 0.252. The zero-order chi connectivity index (χ0) is 12.3. The standard InChI is InChI=1S/C12H15FN2OS/c1-8-5-6-17-12(14-8)15-9-3-4-11(16-2)10(13)7-9/h3-4,7-8H,5-6H2,1-2H3,(H,14,15). The molecule has 0 spiro atoms. The minimum Gasteiger partial charge on any atom is -0.494 e. The fraction of sp³-hybridized carbons (Fsp3) is 0.417. The molecular formula is C12H15FN2OS. The van der Waals surface area contributed by atoms with Gasteiger partial charge < -0.3 is 10.1 Å². The summed E-state index contributed by atoms with van der Waals surface area (Å²) in [7, 11) is 1.45. The number of hydrogen-bond donors (Lipinski definition) is 1. The van der Waals surface area contributed by atoms with Gasteiger partial charge in [-0.15, -0.1) is 0 Å². The van der Waals surface area contributed by atoms with Gasteiger partial charge in [-0.2, -0.15) is 0 Å². The van der Waals surface area contributed by atoms with Gasteiger partial charge >= 0.3 is 0 Å². The topological polar surface area (TPSA) is 33.6 Å². The van der Waals surface area contributed by atoms with Gasteiger partial charge in [0.05, 0.1) is 13.2 Å². The molecule has 3 nitrogen and oxygen atoms in total. The molecule has 92 valence electrons. The Bertz CT molecular complexity index is 437. The molecule has 2 rings (SSSR count). The minimum atomic E-state index is -0.369. The Morgan fingerprint density at radius 3 is 3.00 bits per heavy atom. The predicted molar refractivity (Wildman–Crippen MR) is 70.5 cm³/mol. The van der Waals surface area contributed by atoms with Crippen molar-refractivity contribution in [3.63, 3.8) is 0 Å². The van der Waals surface area contributed by atoms with Crippen LogP contribution < -0.4 is 10.1 Å². The van der Waals surface area contributed by atoms with Crippen LogP contribution in [0.5, 0.6) is 5.75 Å². The van der Waals surface area contributed by atoms with Gasteiger partial charge in [-0.1, -0.05) is 11.8 Å². The van der Waals surface area contributed by atoms with Crippen molar-refractivity contribution in [1.82, 2.24) is 0 Å². The first-order valence-electron chi connectivity index (χ1n) is 5.50. The molecule has 1 N–H and O–H groups in total. The lowest BCUT2D eigenvalue weighted by molar-refractivity contribution is 0.387. The highest BCUT2D eigenvalue weighted by Gasteiger charge is 2.12. The summed E-state index contributed by atoms with van der Waals surface area (Å²) in [4.78, 5) is 4.46. The molecule has 1 aromatic rings.